The van der Waals surface area contributed by atoms with Crippen LogP contribution in [-0.2, 0) is 0 Å². The molecule has 2 rings (SSSR count). The number of aryl methyl sites for hydroxylation is 1. The molecule has 0 aliphatic rings. The minimum absolute atomic E-state index is 0.454. The highest BCUT2D eigenvalue weighted by molar-refractivity contribution is 7.72. The molecule has 0 unspecified atom stereocenters. The van der Waals surface area contributed by atoms with Crippen molar-refractivity contribution in [1.82, 2.24) is 14.9 Å². The van der Waals surface area contributed by atoms with Crippen LogP contribution in [0, 0.1) is 16.5 Å². The van der Waals surface area contributed by atoms with Crippen LogP contribution in [0.15, 0.2) is 29.4 Å². The summed E-state index contributed by atoms with van der Waals surface area (Å²) < 4.78 is 2.38. The van der Waals surface area contributed by atoms with E-state index in [0.717, 1.165) is 11.1 Å². The van der Waals surface area contributed by atoms with Gasteiger partial charge in [0.25, 0.3) is 0 Å². The lowest BCUT2D eigenvalue weighted by molar-refractivity contribution is 0.848. The lowest BCUT2D eigenvalue weighted by atomic mass is 10.1. The molecule has 0 aliphatic carbocycles. The molecule has 0 fully saturated rings. The van der Waals surface area contributed by atoms with Crippen LogP contribution in [0.4, 0.5) is 0 Å². The van der Waals surface area contributed by atoms with Crippen LogP contribution in [0.2, 0.25) is 0 Å². The number of benzene rings is 1. The summed E-state index contributed by atoms with van der Waals surface area (Å²) in [6.07, 6.45) is 1.74. The van der Waals surface area contributed by atoms with Gasteiger partial charge in [0.05, 0.1) is 6.21 Å². The minimum Gasteiger partial charge on any atom is -0.273 e. The highest BCUT2D eigenvalue weighted by atomic mass is 32.1. The highest BCUT2D eigenvalue weighted by Gasteiger charge is 1.94. The van der Waals surface area contributed by atoms with Crippen molar-refractivity contribution in [1.29, 1.82) is 0 Å². The number of nitrogens with zero attached hydrogens (tertiary/aromatic N) is 2. The van der Waals surface area contributed by atoms with Crippen LogP contribution in [-0.4, -0.2) is 21.1 Å². The van der Waals surface area contributed by atoms with Crippen LogP contribution in [0.25, 0.3) is 0 Å². The summed E-state index contributed by atoms with van der Waals surface area (Å²) in [5.74, 6) is 0. The Balaban J connectivity index is 2.40. The Morgan fingerprint density at radius 2 is 1.81 bits per heavy atom. The molecule has 0 atom stereocenters. The van der Waals surface area contributed by atoms with E-state index < -0.39 is 0 Å². The van der Waals surface area contributed by atoms with E-state index in [1.165, 1.54) is 4.68 Å². The zero-order valence-electron chi connectivity index (χ0n) is 8.60. The fourth-order valence-electron chi connectivity index (χ4n) is 1.26. The maximum atomic E-state index is 5.02. The van der Waals surface area contributed by atoms with E-state index in [1.807, 2.05) is 31.2 Å². The molecular formula is C10H10N4S2. The van der Waals surface area contributed by atoms with Crippen molar-refractivity contribution in [3.8, 4) is 0 Å². The fourth-order valence-corrected chi connectivity index (χ4v) is 1.70. The van der Waals surface area contributed by atoms with E-state index in [4.69, 9.17) is 24.4 Å². The molecule has 0 amide bonds. The van der Waals surface area contributed by atoms with Crippen molar-refractivity contribution in [2.45, 2.75) is 6.92 Å². The Bertz CT molecular complexity index is 605. The predicted molar refractivity (Wildman–Crippen MR) is 69.0 cm³/mol. The van der Waals surface area contributed by atoms with Crippen molar-refractivity contribution in [3.05, 3.63) is 44.9 Å². The largest absolute Gasteiger partial charge is 0.273 e. The maximum absolute atomic E-state index is 5.02. The van der Waals surface area contributed by atoms with Gasteiger partial charge in [-0.25, -0.2) is 0 Å². The molecule has 2 aromatic rings. The lowest BCUT2D eigenvalue weighted by Crippen LogP contribution is -1.92. The van der Waals surface area contributed by atoms with Gasteiger partial charge < -0.3 is 0 Å². The molecular weight excluding hydrogens is 240 g/mol. The third kappa shape index (κ3) is 2.17. The predicted octanol–water partition coefficient (Wildman–Crippen LogP) is 2.79. The topological polar surface area (TPSA) is 48.9 Å². The molecule has 6 heteroatoms. The Morgan fingerprint density at radius 1 is 1.19 bits per heavy atom. The monoisotopic (exact) mass is 250 g/mol. The first-order valence-corrected chi connectivity index (χ1v) is 5.50. The first kappa shape index (κ1) is 11.0. The molecule has 1 aromatic carbocycles. The Kier molecular flexibility index (Phi) is 3.12. The van der Waals surface area contributed by atoms with Crippen LogP contribution in [0.1, 0.15) is 11.1 Å². The summed E-state index contributed by atoms with van der Waals surface area (Å²) >= 11 is 10.0. The normalized spacial score (nSPS) is 11.1. The lowest BCUT2D eigenvalue weighted by Gasteiger charge is -1.97. The van der Waals surface area contributed by atoms with Crippen LogP contribution in [0.5, 0.6) is 0 Å². The van der Waals surface area contributed by atoms with Gasteiger partial charge in [-0.2, -0.15) is 9.78 Å². The van der Waals surface area contributed by atoms with Crippen molar-refractivity contribution in [3.63, 3.8) is 0 Å². The Hall–Kier alpha value is -1.53. The van der Waals surface area contributed by atoms with Crippen molar-refractivity contribution >= 4 is 30.7 Å². The third-order valence-electron chi connectivity index (χ3n) is 2.16. The van der Waals surface area contributed by atoms with Crippen molar-refractivity contribution in [2.24, 2.45) is 5.10 Å². The maximum Gasteiger partial charge on any atom is 0.215 e. The molecule has 0 bridgehead atoms. The molecule has 0 radical (unpaired) electrons. The second kappa shape index (κ2) is 4.54. The van der Waals surface area contributed by atoms with Gasteiger partial charge in [-0.1, -0.05) is 24.3 Å². The molecule has 16 heavy (non-hydrogen) atoms. The van der Waals surface area contributed by atoms with E-state index >= 15 is 0 Å². The quantitative estimate of drug-likeness (QED) is 0.636. The smallest absolute Gasteiger partial charge is 0.215 e. The highest BCUT2D eigenvalue weighted by Crippen LogP contribution is 2.04. The number of hydrogen-bond acceptors (Lipinski definition) is 3. The van der Waals surface area contributed by atoms with Gasteiger partial charge in [0.15, 0.2) is 0 Å². The van der Waals surface area contributed by atoms with Gasteiger partial charge in [-0.05, 0) is 42.5 Å². The standard InChI is InChI=1S/C10H10N4S2/c1-7-4-2-3-5-8(7)6-11-14-9(15)12-13-10(14)16/h2-6H,1H3,(H,12,15)(H,13,16)/b11-6-. The number of nitrogens with one attached hydrogen (secondary N) is 2. The molecule has 82 valence electrons. The molecule has 1 aromatic heterocycles. The van der Waals surface area contributed by atoms with Crippen LogP contribution >= 0.6 is 24.4 Å². The number of H-pyrrole nitrogens is 2. The molecule has 0 spiro atoms. The first-order chi connectivity index (χ1) is 7.68. The van der Waals surface area contributed by atoms with E-state index in [9.17, 15) is 0 Å². The molecule has 1 heterocycles. The molecule has 4 nitrogen and oxygen atoms in total. The number of rotatable bonds is 2. The van der Waals surface area contributed by atoms with Crippen LogP contribution < -0.4 is 0 Å². The summed E-state index contributed by atoms with van der Waals surface area (Å²) in [5.41, 5.74) is 2.20. The summed E-state index contributed by atoms with van der Waals surface area (Å²) in [5, 5.41) is 9.66. The van der Waals surface area contributed by atoms with E-state index in [2.05, 4.69) is 15.3 Å². The van der Waals surface area contributed by atoms with Gasteiger partial charge in [-0.15, -0.1) is 0 Å². The van der Waals surface area contributed by atoms with Gasteiger partial charge in [0.1, 0.15) is 0 Å². The van der Waals surface area contributed by atoms with Crippen molar-refractivity contribution < 1.29 is 0 Å². The van der Waals surface area contributed by atoms with E-state index in [0.29, 0.717) is 9.54 Å². The van der Waals surface area contributed by atoms with Gasteiger partial charge in [-0.3, -0.25) is 10.2 Å². The van der Waals surface area contributed by atoms with E-state index in [-0.39, 0.29) is 0 Å². The number of aromatic amines is 2. The Labute approximate surface area is 103 Å². The second-order valence-corrected chi connectivity index (χ2v) is 4.05. The number of hydrogen-bond donors (Lipinski definition) is 2. The molecule has 0 saturated carbocycles. The minimum atomic E-state index is 0.454. The van der Waals surface area contributed by atoms with Gasteiger partial charge in [0, 0.05) is 0 Å². The van der Waals surface area contributed by atoms with Gasteiger partial charge >= 0.3 is 0 Å². The average molecular weight is 250 g/mol. The summed E-state index contributed by atoms with van der Waals surface area (Å²) in [7, 11) is 0. The van der Waals surface area contributed by atoms with E-state index in [1.54, 1.807) is 6.21 Å². The summed E-state index contributed by atoms with van der Waals surface area (Å²) in [6.45, 7) is 2.03. The second-order valence-electron chi connectivity index (χ2n) is 3.27. The van der Waals surface area contributed by atoms with Crippen molar-refractivity contribution in [2.75, 3.05) is 0 Å². The average Bonchev–Trinajstić information content (AvgIpc) is 2.58. The molecule has 2 N–H and O–H groups in total. The Morgan fingerprint density at radius 3 is 2.44 bits per heavy atom. The third-order valence-corrected chi connectivity index (χ3v) is 2.71. The summed E-state index contributed by atoms with van der Waals surface area (Å²) in [6, 6.07) is 7.96. The van der Waals surface area contributed by atoms with Crippen LogP contribution in [0.3, 0.4) is 0 Å². The zero-order valence-corrected chi connectivity index (χ0v) is 10.2. The SMILES string of the molecule is Cc1ccccc1/C=N\n1c(=S)[nH][nH]c1=S. The summed E-state index contributed by atoms with van der Waals surface area (Å²) in [4.78, 5) is 0. The molecule has 0 saturated heterocycles. The fraction of sp³-hybridized carbons (Fsp3) is 0.100. The molecule has 0 aliphatic heterocycles. The number of aromatic nitrogens is 3. The first-order valence-electron chi connectivity index (χ1n) is 4.68. The van der Waals surface area contributed by atoms with Gasteiger partial charge in [0.2, 0.25) is 9.54 Å². The zero-order chi connectivity index (χ0) is 11.5.